The summed E-state index contributed by atoms with van der Waals surface area (Å²) in [5.74, 6) is -0.207. The van der Waals surface area contributed by atoms with Crippen LogP contribution in [-0.2, 0) is 18.4 Å². The molecule has 0 saturated carbocycles. The van der Waals surface area contributed by atoms with Gasteiger partial charge >= 0.3 is 7.82 Å². The fourth-order valence-electron chi connectivity index (χ4n) is 6.23. The van der Waals surface area contributed by atoms with Gasteiger partial charge in [0.25, 0.3) is 0 Å². The lowest BCUT2D eigenvalue weighted by atomic mass is 10.0. The van der Waals surface area contributed by atoms with Gasteiger partial charge in [-0.25, -0.2) is 4.57 Å². The number of likely N-dealkylation sites (N-methyl/N-ethyl adjacent to an activating group) is 1. The Labute approximate surface area is 339 Å². The van der Waals surface area contributed by atoms with Crippen LogP contribution in [0.2, 0.25) is 0 Å². The number of nitrogens with one attached hydrogen (secondary N) is 1. The summed E-state index contributed by atoms with van der Waals surface area (Å²) in [5.41, 5.74) is 0. The number of amides is 1. The third kappa shape index (κ3) is 40.5. The summed E-state index contributed by atoms with van der Waals surface area (Å²) in [5, 5.41) is 13.8. The van der Waals surface area contributed by atoms with Gasteiger partial charge in [0.1, 0.15) is 13.2 Å². The van der Waals surface area contributed by atoms with Gasteiger partial charge < -0.3 is 19.8 Å². The first-order chi connectivity index (χ1) is 26.5. The molecule has 0 aromatic rings. The maximum absolute atomic E-state index is 12.8. The minimum Gasteiger partial charge on any atom is -0.387 e. The number of hydrogen-bond donors (Lipinski definition) is 3. The van der Waals surface area contributed by atoms with Crippen LogP contribution >= 0.6 is 7.82 Å². The molecule has 3 atom stereocenters. The molecule has 0 radical (unpaired) electrons. The molecule has 0 spiro atoms. The summed E-state index contributed by atoms with van der Waals surface area (Å²) < 4.78 is 23.5. The number of carbonyl (C=O) groups excluding carboxylic acids is 1. The number of phosphoric acid groups is 1. The van der Waals surface area contributed by atoms with Gasteiger partial charge in [-0.2, -0.15) is 0 Å². The van der Waals surface area contributed by atoms with E-state index in [1.807, 2.05) is 27.2 Å². The monoisotopic (exact) mass is 796 g/mol. The smallest absolute Gasteiger partial charge is 0.387 e. The normalized spacial score (nSPS) is 14.8. The van der Waals surface area contributed by atoms with E-state index >= 15 is 0 Å². The average molecular weight is 796 g/mol. The topological polar surface area (TPSA) is 105 Å². The highest BCUT2D eigenvalue weighted by Gasteiger charge is 2.27. The molecule has 0 heterocycles. The molecule has 0 saturated heterocycles. The molecule has 0 aliphatic carbocycles. The molecule has 0 fully saturated rings. The quantitative estimate of drug-likeness (QED) is 0.0247. The predicted molar refractivity (Wildman–Crippen MR) is 235 cm³/mol. The van der Waals surface area contributed by atoms with E-state index in [-0.39, 0.29) is 19.1 Å². The molecule has 1 amide bonds. The fourth-order valence-corrected chi connectivity index (χ4v) is 6.97. The van der Waals surface area contributed by atoms with Crippen molar-refractivity contribution in [1.29, 1.82) is 0 Å². The number of aliphatic hydroxyl groups excluding tert-OH is 1. The van der Waals surface area contributed by atoms with Crippen molar-refractivity contribution in [3.63, 3.8) is 0 Å². The van der Waals surface area contributed by atoms with Crippen molar-refractivity contribution in [3.05, 3.63) is 48.6 Å². The minimum atomic E-state index is -4.34. The highest BCUT2D eigenvalue weighted by molar-refractivity contribution is 7.47. The summed E-state index contributed by atoms with van der Waals surface area (Å²) in [6, 6.07) is -0.861. The number of rotatable bonds is 40. The van der Waals surface area contributed by atoms with E-state index in [0.29, 0.717) is 17.4 Å². The minimum absolute atomic E-state index is 0.0543. The number of unbranched alkanes of at least 4 members (excludes halogenated alkanes) is 21. The number of phosphoric ester groups is 1. The number of hydrogen-bond acceptors (Lipinski definition) is 5. The van der Waals surface area contributed by atoms with Crippen LogP contribution in [0.4, 0.5) is 0 Å². The van der Waals surface area contributed by atoms with Crippen LogP contribution in [0.15, 0.2) is 48.6 Å². The largest absolute Gasteiger partial charge is 0.472 e. The molecule has 0 bridgehead atoms. The van der Waals surface area contributed by atoms with E-state index in [9.17, 15) is 19.4 Å². The second-order valence-electron chi connectivity index (χ2n) is 16.4. The van der Waals surface area contributed by atoms with Gasteiger partial charge in [0.05, 0.1) is 39.9 Å². The molecule has 9 heteroatoms. The van der Waals surface area contributed by atoms with E-state index < -0.39 is 20.0 Å². The van der Waals surface area contributed by atoms with Crippen LogP contribution in [0.5, 0.6) is 0 Å². The Balaban J connectivity index is 4.42. The van der Waals surface area contributed by atoms with Crippen molar-refractivity contribution >= 4 is 13.7 Å². The van der Waals surface area contributed by atoms with Crippen molar-refractivity contribution in [2.24, 2.45) is 0 Å². The molecule has 0 aromatic carbocycles. The maximum atomic E-state index is 12.8. The fraction of sp³-hybridized carbons (Fsp3) is 0.804. The van der Waals surface area contributed by atoms with Crippen LogP contribution in [0.3, 0.4) is 0 Å². The highest BCUT2D eigenvalue weighted by Crippen LogP contribution is 2.43. The Hall–Kier alpha value is -1.54. The third-order valence-electron chi connectivity index (χ3n) is 9.80. The summed E-state index contributed by atoms with van der Waals surface area (Å²) in [6.45, 7) is 4.67. The van der Waals surface area contributed by atoms with Crippen LogP contribution in [0, 0.1) is 0 Å². The molecule has 8 nitrogen and oxygen atoms in total. The number of aliphatic hydroxyl groups is 1. The van der Waals surface area contributed by atoms with Crippen LogP contribution < -0.4 is 5.32 Å². The first-order valence-corrected chi connectivity index (χ1v) is 24.0. The molecule has 0 aromatic heterocycles. The lowest BCUT2D eigenvalue weighted by molar-refractivity contribution is -0.870. The Bertz CT molecular complexity index is 1040. The van der Waals surface area contributed by atoms with Crippen molar-refractivity contribution in [1.82, 2.24) is 5.32 Å². The summed E-state index contributed by atoms with van der Waals surface area (Å²) >= 11 is 0. The summed E-state index contributed by atoms with van der Waals surface area (Å²) in [6.07, 6.45) is 47.6. The van der Waals surface area contributed by atoms with Gasteiger partial charge in [-0.15, -0.1) is 0 Å². The number of allylic oxidation sites excluding steroid dienone is 7. The molecule has 0 aliphatic heterocycles. The third-order valence-corrected chi connectivity index (χ3v) is 10.8. The molecular formula is C46H88N2O6P+. The van der Waals surface area contributed by atoms with Gasteiger partial charge in [0, 0.05) is 6.42 Å². The van der Waals surface area contributed by atoms with E-state index in [1.54, 1.807) is 6.08 Å². The van der Waals surface area contributed by atoms with E-state index in [4.69, 9.17) is 9.05 Å². The first-order valence-electron chi connectivity index (χ1n) is 22.5. The average Bonchev–Trinajstić information content (AvgIpc) is 3.13. The van der Waals surface area contributed by atoms with Crippen molar-refractivity contribution in [2.45, 2.75) is 199 Å². The van der Waals surface area contributed by atoms with Gasteiger partial charge in [-0.3, -0.25) is 13.8 Å². The van der Waals surface area contributed by atoms with Gasteiger partial charge in [0.2, 0.25) is 5.91 Å². The molecule has 0 rings (SSSR count). The molecule has 322 valence electrons. The van der Waals surface area contributed by atoms with Crippen molar-refractivity contribution in [3.8, 4) is 0 Å². The Kier molecular flexibility index (Phi) is 36.9. The molecule has 3 N–H and O–H groups in total. The maximum Gasteiger partial charge on any atom is 0.472 e. The summed E-state index contributed by atoms with van der Waals surface area (Å²) in [4.78, 5) is 23.1. The second-order valence-corrected chi connectivity index (χ2v) is 17.9. The van der Waals surface area contributed by atoms with Gasteiger partial charge in [0.15, 0.2) is 0 Å². The highest BCUT2D eigenvalue weighted by atomic mass is 31.2. The van der Waals surface area contributed by atoms with Crippen molar-refractivity contribution in [2.75, 3.05) is 40.9 Å². The molecular weight excluding hydrogens is 707 g/mol. The zero-order chi connectivity index (χ0) is 40.7. The SMILES string of the molecule is CC/C=C\C/C=C\C/C=C\CCCCCC(=O)NC(COP(=O)(O)OCC[N+](C)(C)C)C(O)/C=C/CCCCCCCCCCCCCCCCCCCC. The zero-order valence-electron chi connectivity index (χ0n) is 36.4. The molecule has 3 unspecified atom stereocenters. The number of quaternary nitrogens is 1. The Morgan fingerprint density at radius 1 is 0.636 bits per heavy atom. The van der Waals surface area contributed by atoms with Gasteiger partial charge in [-0.1, -0.05) is 178 Å². The molecule has 55 heavy (non-hydrogen) atoms. The van der Waals surface area contributed by atoms with Crippen molar-refractivity contribution < 1.29 is 32.9 Å². The zero-order valence-corrected chi connectivity index (χ0v) is 37.3. The second kappa shape index (κ2) is 38.0. The Morgan fingerprint density at radius 3 is 1.60 bits per heavy atom. The van der Waals surface area contributed by atoms with Crippen LogP contribution in [-0.4, -0.2) is 73.4 Å². The Morgan fingerprint density at radius 2 is 1.09 bits per heavy atom. The van der Waals surface area contributed by atoms with Gasteiger partial charge in [-0.05, 0) is 51.4 Å². The predicted octanol–water partition coefficient (Wildman–Crippen LogP) is 12.5. The van der Waals surface area contributed by atoms with Crippen LogP contribution in [0.1, 0.15) is 187 Å². The van der Waals surface area contributed by atoms with E-state index in [1.165, 1.54) is 103 Å². The first kappa shape index (κ1) is 53.5. The summed E-state index contributed by atoms with van der Waals surface area (Å²) in [7, 11) is 1.55. The molecule has 0 aliphatic rings. The lowest BCUT2D eigenvalue weighted by Crippen LogP contribution is -2.45. The number of carbonyl (C=O) groups is 1. The lowest BCUT2D eigenvalue weighted by Gasteiger charge is -2.25. The van der Waals surface area contributed by atoms with Crippen LogP contribution in [0.25, 0.3) is 0 Å². The number of nitrogens with zero attached hydrogens (tertiary/aromatic N) is 1. The van der Waals surface area contributed by atoms with E-state index in [0.717, 1.165) is 64.2 Å². The van der Waals surface area contributed by atoms with E-state index in [2.05, 4.69) is 55.6 Å². The standard InChI is InChI=1S/C46H87N2O6P/c1-6-8-10-12-14-16-18-20-21-22-23-24-25-26-28-29-31-33-35-37-39-45(49)44(43-54-55(51,52)53-42-41-48(3,4)5)47-46(50)40-38-36-34-32-30-27-19-17-15-13-11-9-7-2/h9,11,15,17,27,30,37,39,44-45,49H,6-8,10,12-14,16,18-26,28-29,31-36,38,40-43H2,1-5H3,(H-,47,50,51,52)/p+1/b11-9-,17-15-,30-27-,39-37+.